The lowest BCUT2D eigenvalue weighted by atomic mass is 9.97. The summed E-state index contributed by atoms with van der Waals surface area (Å²) < 4.78 is 18.9. The van der Waals surface area contributed by atoms with Crippen LogP contribution in [0.3, 0.4) is 0 Å². The number of nitrogens with zero attached hydrogens (tertiary/aromatic N) is 1. The molecule has 2 amide bonds. The summed E-state index contributed by atoms with van der Waals surface area (Å²) in [5.41, 5.74) is 4.84. The van der Waals surface area contributed by atoms with Gasteiger partial charge in [0.15, 0.2) is 0 Å². The first-order valence-electron chi connectivity index (χ1n) is 9.35. The number of primary amides is 1. The molecule has 0 bridgehead atoms. The average molecular weight is 441 g/mol. The van der Waals surface area contributed by atoms with Crippen LogP contribution in [0.5, 0.6) is 0 Å². The third-order valence-electron chi connectivity index (χ3n) is 4.30. The summed E-state index contributed by atoms with van der Waals surface area (Å²) in [5.74, 6) is -1.55. The Hall–Kier alpha value is -2.65. The number of benzene rings is 1. The molecule has 1 atom stereocenters. The van der Waals surface area contributed by atoms with Gasteiger partial charge in [0.25, 0.3) is 5.91 Å². The number of amides is 2. The number of carbonyl (C=O) groups is 2. The number of hydrogen-bond acceptors (Lipinski definition) is 6. The van der Waals surface area contributed by atoms with Crippen molar-refractivity contribution in [3.63, 3.8) is 0 Å². The van der Waals surface area contributed by atoms with Crippen molar-refractivity contribution in [3.05, 3.63) is 45.9 Å². The van der Waals surface area contributed by atoms with Gasteiger partial charge in [0.05, 0.1) is 22.9 Å². The van der Waals surface area contributed by atoms with E-state index in [1.54, 1.807) is 20.8 Å². The summed E-state index contributed by atoms with van der Waals surface area (Å²) in [7, 11) is 0. The van der Waals surface area contributed by atoms with E-state index in [0.29, 0.717) is 6.42 Å². The third-order valence-corrected chi connectivity index (χ3v) is 4.59. The molecule has 1 saturated heterocycles. The molecule has 1 fully saturated rings. The number of nitrogens with one attached hydrogen (secondary N) is 2. The summed E-state index contributed by atoms with van der Waals surface area (Å²) in [4.78, 5) is 26.2. The first-order valence-corrected chi connectivity index (χ1v) is 9.73. The quantitative estimate of drug-likeness (QED) is 0.412. The standard InChI is InChI=1S/C20H26ClFN4O4/c1-20(2,3)30-19(29)26-9-12(6-7-27)25-15(10-26)16(18(24)28)17(23)11-4-5-14(22)13(21)8-11/h4-5,8,12,23,25,27H,6-7,9-10H2,1-3H3,(H2,24,28)/b16-15+,23-17?. The molecular formula is C20H26ClFN4O4. The number of nitrogens with two attached hydrogens (primary N) is 1. The van der Waals surface area contributed by atoms with Gasteiger partial charge in [-0.05, 0) is 45.4 Å². The molecule has 1 aromatic carbocycles. The van der Waals surface area contributed by atoms with E-state index in [-0.39, 0.29) is 53.3 Å². The van der Waals surface area contributed by atoms with E-state index < -0.39 is 23.4 Å². The van der Waals surface area contributed by atoms with Crippen LogP contribution >= 0.6 is 11.6 Å². The second-order valence-corrected chi connectivity index (χ2v) is 8.34. The van der Waals surface area contributed by atoms with E-state index >= 15 is 0 Å². The van der Waals surface area contributed by atoms with Crippen LogP contribution in [-0.4, -0.2) is 59.1 Å². The van der Waals surface area contributed by atoms with Gasteiger partial charge in [-0.2, -0.15) is 0 Å². The van der Waals surface area contributed by atoms with Gasteiger partial charge in [-0.15, -0.1) is 0 Å². The van der Waals surface area contributed by atoms with E-state index in [2.05, 4.69) is 5.32 Å². The van der Waals surface area contributed by atoms with Crippen LogP contribution in [0.15, 0.2) is 29.5 Å². The first-order chi connectivity index (χ1) is 13.9. The molecule has 164 valence electrons. The van der Waals surface area contributed by atoms with Gasteiger partial charge in [0.2, 0.25) is 0 Å². The molecular weight excluding hydrogens is 415 g/mol. The second kappa shape index (κ2) is 9.44. The number of rotatable bonds is 5. The highest BCUT2D eigenvalue weighted by atomic mass is 35.5. The Morgan fingerprint density at radius 1 is 1.43 bits per heavy atom. The number of ether oxygens (including phenoxy) is 1. The summed E-state index contributed by atoms with van der Waals surface area (Å²) in [6.07, 6.45) is -0.297. The van der Waals surface area contributed by atoms with E-state index in [1.165, 1.54) is 17.0 Å². The van der Waals surface area contributed by atoms with Crippen LogP contribution in [0.1, 0.15) is 32.8 Å². The topological polar surface area (TPSA) is 129 Å². The van der Waals surface area contributed by atoms with Crippen molar-refractivity contribution in [3.8, 4) is 0 Å². The maximum Gasteiger partial charge on any atom is 0.410 e. The lowest BCUT2D eigenvalue weighted by Gasteiger charge is -2.37. The molecule has 0 saturated carbocycles. The fourth-order valence-corrected chi connectivity index (χ4v) is 3.19. The molecule has 1 unspecified atom stereocenters. The highest BCUT2D eigenvalue weighted by Crippen LogP contribution is 2.22. The molecule has 30 heavy (non-hydrogen) atoms. The molecule has 8 nitrogen and oxygen atoms in total. The zero-order valence-electron chi connectivity index (χ0n) is 17.1. The fraction of sp³-hybridized carbons (Fsp3) is 0.450. The van der Waals surface area contributed by atoms with Crippen LogP contribution < -0.4 is 11.1 Å². The molecule has 0 radical (unpaired) electrons. The van der Waals surface area contributed by atoms with Gasteiger partial charge in [0, 0.05) is 30.5 Å². The molecule has 5 N–H and O–H groups in total. The minimum atomic E-state index is -0.892. The van der Waals surface area contributed by atoms with Crippen molar-refractivity contribution in [1.29, 1.82) is 5.41 Å². The molecule has 1 heterocycles. The maximum absolute atomic E-state index is 13.5. The highest BCUT2D eigenvalue weighted by Gasteiger charge is 2.32. The van der Waals surface area contributed by atoms with Crippen LogP contribution in [0.4, 0.5) is 9.18 Å². The van der Waals surface area contributed by atoms with Crippen molar-refractivity contribution in [2.24, 2.45) is 5.73 Å². The normalized spacial score (nSPS) is 18.5. The summed E-state index contributed by atoms with van der Waals surface area (Å²) in [6, 6.07) is 3.24. The molecule has 1 aliphatic heterocycles. The number of carbonyl (C=O) groups excluding carboxylic acids is 2. The van der Waals surface area contributed by atoms with Crippen LogP contribution in [-0.2, 0) is 9.53 Å². The van der Waals surface area contributed by atoms with Crippen molar-refractivity contribution < 1.29 is 23.8 Å². The Morgan fingerprint density at radius 2 is 2.10 bits per heavy atom. The molecule has 2 rings (SSSR count). The Bertz CT molecular complexity index is 882. The highest BCUT2D eigenvalue weighted by molar-refractivity contribution is 6.32. The zero-order valence-corrected chi connectivity index (χ0v) is 17.8. The monoisotopic (exact) mass is 440 g/mol. The number of aliphatic hydroxyl groups is 1. The van der Waals surface area contributed by atoms with Crippen LogP contribution in [0, 0.1) is 11.2 Å². The minimum absolute atomic E-state index is 0.0492. The minimum Gasteiger partial charge on any atom is -0.444 e. The predicted octanol–water partition coefficient (Wildman–Crippen LogP) is 2.18. The van der Waals surface area contributed by atoms with Crippen molar-refractivity contribution in [1.82, 2.24) is 10.2 Å². The summed E-state index contributed by atoms with van der Waals surface area (Å²) >= 11 is 5.80. The fourth-order valence-electron chi connectivity index (χ4n) is 3.01. The van der Waals surface area contributed by atoms with Crippen molar-refractivity contribution in [2.75, 3.05) is 19.7 Å². The number of hydrogen-bond donors (Lipinski definition) is 4. The van der Waals surface area contributed by atoms with E-state index in [4.69, 9.17) is 27.5 Å². The maximum atomic E-state index is 13.5. The van der Waals surface area contributed by atoms with Crippen LogP contribution in [0.25, 0.3) is 0 Å². The number of aliphatic hydroxyl groups excluding tert-OH is 1. The first kappa shape index (κ1) is 23.6. The summed E-state index contributed by atoms with van der Waals surface area (Å²) in [5, 5.41) is 20.7. The van der Waals surface area contributed by atoms with E-state index in [9.17, 15) is 19.1 Å². The Labute approximate surface area is 179 Å². The van der Waals surface area contributed by atoms with Gasteiger partial charge in [0.1, 0.15) is 11.4 Å². The molecule has 1 aliphatic rings. The van der Waals surface area contributed by atoms with E-state index in [1.807, 2.05) is 0 Å². The zero-order chi connectivity index (χ0) is 22.6. The second-order valence-electron chi connectivity index (χ2n) is 7.94. The Morgan fingerprint density at radius 3 is 2.63 bits per heavy atom. The molecule has 10 heteroatoms. The molecule has 1 aromatic rings. The van der Waals surface area contributed by atoms with Crippen molar-refractivity contribution in [2.45, 2.75) is 38.8 Å². The SMILES string of the molecule is CC(C)(C)OC(=O)N1C/C(=C(/C(=N)c2ccc(F)c(Cl)c2)C(N)=O)NC(CCO)C1. The van der Waals surface area contributed by atoms with Gasteiger partial charge in [-0.3, -0.25) is 10.2 Å². The largest absolute Gasteiger partial charge is 0.444 e. The van der Waals surface area contributed by atoms with Gasteiger partial charge >= 0.3 is 6.09 Å². The predicted molar refractivity (Wildman–Crippen MR) is 111 cm³/mol. The molecule has 0 aliphatic carbocycles. The Kier molecular flexibility index (Phi) is 7.44. The van der Waals surface area contributed by atoms with E-state index in [0.717, 1.165) is 6.07 Å². The van der Waals surface area contributed by atoms with Gasteiger partial charge in [-0.25, -0.2) is 9.18 Å². The van der Waals surface area contributed by atoms with Gasteiger partial charge in [-0.1, -0.05) is 11.6 Å². The molecule has 0 spiro atoms. The average Bonchev–Trinajstić information content (AvgIpc) is 2.62. The number of piperazine rings is 1. The van der Waals surface area contributed by atoms with Gasteiger partial charge < -0.3 is 25.8 Å². The molecule has 0 aromatic heterocycles. The number of halogens is 2. The van der Waals surface area contributed by atoms with Crippen molar-refractivity contribution >= 4 is 29.3 Å². The lowest BCUT2D eigenvalue weighted by molar-refractivity contribution is -0.114. The lowest BCUT2D eigenvalue weighted by Crippen LogP contribution is -2.53. The third kappa shape index (κ3) is 5.93. The smallest absolute Gasteiger partial charge is 0.410 e. The summed E-state index contributed by atoms with van der Waals surface area (Å²) in [6.45, 7) is 5.24. The Balaban J connectivity index is 2.45. The van der Waals surface area contributed by atoms with Crippen LogP contribution in [0.2, 0.25) is 5.02 Å².